The lowest BCUT2D eigenvalue weighted by molar-refractivity contribution is -0.138. The third kappa shape index (κ3) is 3.55. The van der Waals surface area contributed by atoms with E-state index in [0.29, 0.717) is 18.6 Å². The average Bonchev–Trinajstić information content (AvgIpc) is 2.14. The van der Waals surface area contributed by atoms with Crippen LogP contribution in [0.1, 0.15) is 19.3 Å². The van der Waals surface area contributed by atoms with Gasteiger partial charge in [0.1, 0.15) is 0 Å². The van der Waals surface area contributed by atoms with Crippen molar-refractivity contribution in [3.05, 3.63) is 11.8 Å². The molecule has 0 saturated heterocycles. The lowest BCUT2D eigenvalue weighted by atomic mass is 10.00. The molecule has 14 heavy (non-hydrogen) atoms. The second-order valence-electron chi connectivity index (χ2n) is 3.21. The average molecular weight is 210 g/mol. The van der Waals surface area contributed by atoms with E-state index in [1.54, 1.807) is 0 Å². The van der Waals surface area contributed by atoms with E-state index < -0.39 is 18.6 Å². The highest BCUT2D eigenvalue weighted by Gasteiger charge is 2.33. The SMILES string of the molecule is NNC(CC(F)(F)F)C1=COCCC1. The molecule has 1 atom stereocenters. The number of rotatable bonds is 3. The van der Waals surface area contributed by atoms with Crippen LogP contribution in [-0.2, 0) is 4.74 Å². The van der Waals surface area contributed by atoms with Crippen molar-refractivity contribution in [1.82, 2.24) is 5.43 Å². The molecule has 3 N–H and O–H groups in total. The molecule has 0 spiro atoms. The Morgan fingerprint density at radius 2 is 2.29 bits per heavy atom. The largest absolute Gasteiger partial charge is 0.501 e. The second-order valence-corrected chi connectivity index (χ2v) is 3.21. The maximum absolute atomic E-state index is 12.1. The quantitative estimate of drug-likeness (QED) is 0.547. The molecule has 3 nitrogen and oxygen atoms in total. The van der Waals surface area contributed by atoms with E-state index >= 15 is 0 Å². The van der Waals surface area contributed by atoms with Crippen molar-refractivity contribution in [3.8, 4) is 0 Å². The Kier molecular flexibility index (Phi) is 3.77. The number of hydrogen-bond acceptors (Lipinski definition) is 3. The molecule has 0 amide bonds. The normalized spacial score (nSPS) is 19.9. The third-order valence-electron chi connectivity index (χ3n) is 2.05. The molecule has 0 radical (unpaired) electrons. The minimum Gasteiger partial charge on any atom is -0.501 e. The van der Waals surface area contributed by atoms with Gasteiger partial charge in [-0.2, -0.15) is 13.2 Å². The molecule has 1 rings (SSSR count). The summed E-state index contributed by atoms with van der Waals surface area (Å²) in [5.74, 6) is 5.06. The number of hydrogen-bond donors (Lipinski definition) is 2. The van der Waals surface area contributed by atoms with E-state index in [4.69, 9.17) is 10.6 Å². The standard InChI is InChI=1S/C8H13F3N2O/c9-8(10,11)4-7(13-12)6-2-1-3-14-5-6/h5,7,13H,1-4,12H2. The van der Waals surface area contributed by atoms with Crippen LogP contribution in [0.25, 0.3) is 0 Å². The fraction of sp³-hybridized carbons (Fsp3) is 0.750. The van der Waals surface area contributed by atoms with Gasteiger partial charge in [0.2, 0.25) is 0 Å². The summed E-state index contributed by atoms with van der Waals surface area (Å²) < 4.78 is 41.2. The van der Waals surface area contributed by atoms with E-state index in [9.17, 15) is 13.2 Å². The first kappa shape index (κ1) is 11.3. The Bertz CT molecular complexity index is 215. The van der Waals surface area contributed by atoms with Crippen molar-refractivity contribution in [2.45, 2.75) is 31.5 Å². The fourth-order valence-electron chi connectivity index (χ4n) is 1.37. The van der Waals surface area contributed by atoms with Gasteiger partial charge in [-0.3, -0.25) is 11.3 Å². The van der Waals surface area contributed by atoms with Crippen LogP contribution in [0.5, 0.6) is 0 Å². The van der Waals surface area contributed by atoms with E-state index in [1.807, 2.05) is 0 Å². The summed E-state index contributed by atoms with van der Waals surface area (Å²) in [5.41, 5.74) is 2.74. The van der Waals surface area contributed by atoms with Crippen LogP contribution in [-0.4, -0.2) is 18.8 Å². The Balaban J connectivity index is 2.57. The molecule has 1 aliphatic heterocycles. The summed E-state index contributed by atoms with van der Waals surface area (Å²) in [5, 5.41) is 0. The van der Waals surface area contributed by atoms with Crippen LogP contribution in [0.2, 0.25) is 0 Å². The molecule has 0 aliphatic carbocycles. The van der Waals surface area contributed by atoms with Crippen molar-refractivity contribution in [2.75, 3.05) is 6.61 Å². The van der Waals surface area contributed by atoms with Gasteiger partial charge in [0, 0.05) is 0 Å². The number of alkyl halides is 3. The molecular weight excluding hydrogens is 197 g/mol. The van der Waals surface area contributed by atoms with Crippen LogP contribution in [0.15, 0.2) is 11.8 Å². The summed E-state index contributed by atoms with van der Waals surface area (Å²) >= 11 is 0. The van der Waals surface area contributed by atoms with Crippen LogP contribution in [0.3, 0.4) is 0 Å². The topological polar surface area (TPSA) is 47.3 Å². The van der Waals surface area contributed by atoms with Crippen molar-refractivity contribution in [1.29, 1.82) is 0 Å². The number of halogens is 3. The zero-order chi connectivity index (χ0) is 10.6. The van der Waals surface area contributed by atoms with Crippen LogP contribution < -0.4 is 11.3 Å². The molecule has 6 heteroatoms. The highest BCUT2D eigenvalue weighted by molar-refractivity contribution is 5.09. The first-order valence-corrected chi connectivity index (χ1v) is 4.36. The monoisotopic (exact) mass is 210 g/mol. The Morgan fingerprint density at radius 3 is 2.71 bits per heavy atom. The third-order valence-corrected chi connectivity index (χ3v) is 2.05. The van der Waals surface area contributed by atoms with Crippen LogP contribution in [0, 0.1) is 0 Å². The predicted octanol–water partition coefficient (Wildman–Crippen LogP) is 1.46. The van der Waals surface area contributed by atoms with Gasteiger partial charge in [-0.05, 0) is 18.4 Å². The Labute approximate surface area is 80.1 Å². The summed E-state index contributed by atoms with van der Waals surface area (Å²) in [7, 11) is 0. The zero-order valence-electron chi connectivity index (χ0n) is 7.60. The van der Waals surface area contributed by atoms with Crippen LogP contribution >= 0.6 is 0 Å². The molecule has 0 saturated carbocycles. The zero-order valence-corrected chi connectivity index (χ0v) is 7.60. The first-order chi connectivity index (χ1) is 6.53. The highest BCUT2D eigenvalue weighted by Crippen LogP contribution is 2.26. The molecule has 0 aromatic heterocycles. The van der Waals surface area contributed by atoms with Gasteiger partial charge < -0.3 is 4.74 Å². The molecule has 1 heterocycles. The molecule has 1 aliphatic rings. The van der Waals surface area contributed by atoms with Crippen molar-refractivity contribution in [3.63, 3.8) is 0 Å². The van der Waals surface area contributed by atoms with Crippen molar-refractivity contribution >= 4 is 0 Å². The maximum Gasteiger partial charge on any atom is 0.390 e. The van der Waals surface area contributed by atoms with E-state index in [0.717, 1.165) is 6.42 Å². The minimum atomic E-state index is -4.21. The first-order valence-electron chi connectivity index (χ1n) is 4.36. The molecule has 82 valence electrons. The van der Waals surface area contributed by atoms with Gasteiger partial charge in [0.25, 0.3) is 0 Å². The summed E-state index contributed by atoms with van der Waals surface area (Å²) in [4.78, 5) is 0. The highest BCUT2D eigenvalue weighted by atomic mass is 19.4. The van der Waals surface area contributed by atoms with Gasteiger partial charge in [0.15, 0.2) is 0 Å². The second kappa shape index (κ2) is 4.65. The molecule has 0 fully saturated rings. The van der Waals surface area contributed by atoms with Gasteiger partial charge in [-0.1, -0.05) is 0 Å². The summed E-state index contributed by atoms with van der Waals surface area (Å²) in [6.45, 7) is 0.562. The molecule has 0 aromatic carbocycles. The number of ether oxygens (including phenoxy) is 1. The van der Waals surface area contributed by atoms with Gasteiger partial charge in [-0.25, -0.2) is 0 Å². The summed E-state index contributed by atoms with van der Waals surface area (Å²) in [6, 6.07) is -0.865. The number of hydrazine groups is 1. The van der Waals surface area contributed by atoms with Crippen molar-refractivity contribution in [2.24, 2.45) is 5.84 Å². The maximum atomic E-state index is 12.1. The van der Waals surface area contributed by atoms with Crippen molar-refractivity contribution < 1.29 is 17.9 Å². The molecular formula is C8H13F3N2O. The number of nitrogens with two attached hydrogens (primary N) is 1. The molecule has 1 unspecified atom stereocenters. The smallest absolute Gasteiger partial charge is 0.390 e. The Hall–Kier alpha value is -0.750. The number of nitrogens with one attached hydrogen (secondary N) is 1. The fourth-order valence-corrected chi connectivity index (χ4v) is 1.37. The Morgan fingerprint density at radius 1 is 1.57 bits per heavy atom. The van der Waals surface area contributed by atoms with Gasteiger partial charge >= 0.3 is 6.18 Å². The predicted molar refractivity (Wildman–Crippen MR) is 45.1 cm³/mol. The molecule has 0 bridgehead atoms. The lowest BCUT2D eigenvalue weighted by Gasteiger charge is -2.23. The van der Waals surface area contributed by atoms with E-state index in [1.165, 1.54) is 6.26 Å². The minimum absolute atomic E-state index is 0.562. The van der Waals surface area contributed by atoms with Gasteiger partial charge in [0.05, 0.1) is 25.3 Å². The van der Waals surface area contributed by atoms with Gasteiger partial charge in [-0.15, -0.1) is 0 Å². The lowest BCUT2D eigenvalue weighted by Crippen LogP contribution is -2.40. The summed E-state index contributed by atoms with van der Waals surface area (Å²) in [6.07, 6.45) is -2.46. The molecule has 0 aromatic rings. The van der Waals surface area contributed by atoms with E-state index in [2.05, 4.69) is 5.43 Å². The van der Waals surface area contributed by atoms with Crippen LogP contribution in [0.4, 0.5) is 13.2 Å². The van der Waals surface area contributed by atoms with E-state index in [-0.39, 0.29) is 0 Å².